The van der Waals surface area contributed by atoms with Gasteiger partial charge in [-0.1, -0.05) is 19.9 Å². The van der Waals surface area contributed by atoms with Gasteiger partial charge in [-0.05, 0) is 30.5 Å². The Bertz CT molecular complexity index is 519. The molecule has 1 heterocycles. The smallest absolute Gasteiger partial charge is 0.251 e. The fourth-order valence-corrected chi connectivity index (χ4v) is 2.67. The van der Waals surface area contributed by atoms with Crippen LogP contribution in [-0.2, 0) is 4.74 Å². The van der Waals surface area contributed by atoms with Crippen LogP contribution in [0.5, 0.6) is 0 Å². The van der Waals surface area contributed by atoms with Crippen molar-refractivity contribution in [3.05, 3.63) is 35.4 Å². The monoisotopic (exact) mass is 272 g/mol. The van der Waals surface area contributed by atoms with E-state index < -0.39 is 0 Å². The Labute approximate surface area is 119 Å². The molecule has 4 heteroatoms. The van der Waals surface area contributed by atoms with Gasteiger partial charge < -0.3 is 10.1 Å². The largest absolute Gasteiger partial charge is 0.378 e. The van der Waals surface area contributed by atoms with Gasteiger partial charge in [-0.2, -0.15) is 5.26 Å². The molecular weight excluding hydrogens is 252 g/mol. The molecule has 0 aliphatic carbocycles. The Kier molecular flexibility index (Phi) is 4.75. The SMILES string of the molecule is CC(C)[C@H]1OCC[C@@H]1CNC(=O)c1cccc(C#N)c1. The van der Waals surface area contributed by atoms with Gasteiger partial charge in [0.15, 0.2) is 0 Å². The van der Waals surface area contributed by atoms with Crippen molar-refractivity contribution in [2.24, 2.45) is 11.8 Å². The zero-order chi connectivity index (χ0) is 14.5. The van der Waals surface area contributed by atoms with Crippen molar-refractivity contribution in [2.45, 2.75) is 26.4 Å². The third kappa shape index (κ3) is 3.37. The van der Waals surface area contributed by atoms with Crippen molar-refractivity contribution in [2.75, 3.05) is 13.2 Å². The number of nitrogens with one attached hydrogen (secondary N) is 1. The summed E-state index contributed by atoms with van der Waals surface area (Å²) in [5, 5.41) is 11.8. The Balaban J connectivity index is 1.93. The number of ether oxygens (including phenoxy) is 1. The maximum Gasteiger partial charge on any atom is 0.251 e. The third-order valence-corrected chi connectivity index (χ3v) is 3.70. The maximum absolute atomic E-state index is 12.1. The first kappa shape index (κ1) is 14.5. The zero-order valence-electron chi connectivity index (χ0n) is 11.9. The number of hydrogen-bond acceptors (Lipinski definition) is 3. The van der Waals surface area contributed by atoms with Crippen LogP contribution in [-0.4, -0.2) is 25.2 Å². The second-order valence-electron chi connectivity index (χ2n) is 5.53. The van der Waals surface area contributed by atoms with E-state index in [1.807, 2.05) is 6.07 Å². The standard InChI is InChI=1S/C16H20N2O2/c1-11(2)15-14(6-7-20-15)10-18-16(19)13-5-3-4-12(8-13)9-17/h3-5,8,11,14-15H,6-7,10H2,1-2H3,(H,18,19)/t14-,15-/m1/s1. The molecule has 1 fully saturated rings. The molecule has 0 spiro atoms. The third-order valence-electron chi connectivity index (χ3n) is 3.70. The molecule has 106 valence electrons. The highest BCUT2D eigenvalue weighted by Crippen LogP contribution is 2.26. The van der Waals surface area contributed by atoms with Crippen molar-refractivity contribution >= 4 is 5.91 Å². The predicted molar refractivity (Wildman–Crippen MR) is 76.2 cm³/mol. The molecule has 1 aliphatic heterocycles. The van der Waals surface area contributed by atoms with Crippen molar-refractivity contribution in [3.8, 4) is 6.07 Å². The van der Waals surface area contributed by atoms with Crippen LogP contribution in [0.2, 0.25) is 0 Å². The van der Waals surface area contributed by atoms with E-state index in [1.165, 1.54) is 0 Å². The van der Waals surface area contributed by atoms with Crippen molar-refractivity contribution < 1.29 is 9.53 Å². The molecule has 2 rings (SSSR count). The van der Waals surface area contributed by atoms with Crippen molar-refractivity contribution in [1.29, 1.82) is 5.26 Å². The Hall–Kier alpha value is -1.86. The van der Waals surface area contributed by atoms with Gasteiger partial charge in [-0.3, -0.25) is 4.79 Å². The van der Waals surface area contributed by atoms with Gasteiger partial charge in [0.05, 0.1) is 17.7 Å². The van der Waals surface area contributed by atoms with Gasteiger partial charge in [0.25, 0.3) is 5.91 Å². The van der Waals surface area contributed by atoms with Gasteiger partial charge in [0, 0.05) is 24.6 Å². The van der Waals surface area contributed by atoms with Gasteiger partial charge in [-0.15, -0.1) is 0 Å². The lowest BCUT2D eigenvalue weighted by Crippen LogP contribution is -2.34. The van der Waals surface area contributed by atoms with E-state index in [1.54, 1.807) is 24.3 Å². The lowest BCUT2D eigenvalue weighted by Gasteiger charge is -2.22. The van der Waals surface area contributed by atoms with Crippen LogP contribution >= 0.6 is 0 Å². The van der Waals surface area contributed by atoms with E-state index in [9.17, 15) is 4.79 Å². The number of nitriles is 1. The minimum atomic E-state index is -0.128. The second kappa shape index (κ2) is 6.53. The first-order valence-electron chi connectivity index (χ1n) is 7.01. The summed E-state index contributed by atoms with van der Waals surface area (Å²) in [6.45, 7) is 5.67. The van der Waals surface area contributed by atoms with Gasteiger partial charge in [0.2, 0.25) is 0 Å². The summed E-state index contributed by atoms with van der Waals surface area (Å²) in [7, 11) is 0. The maximum atomic E-state index is 12.1. The van der Waals surface area contributed by atoms with Crippen LogP contribution in [0.4, 0.5) is 0 Å². The van der Waals surface area contributed by atoms with E-state index in [0.29, 0.717) is 29.5 Å². The summed E-state index contributed by atoms with van der Waals surface area (Å²) in [5.41, 5.74) is 1.03. The number of nitrogens with zero attached hydrogens (tertiary/aromatic N) is 1. The number of carbonyl (C=O) groups is 1. The minimum Gasteiger partial charge on any atom is -0.378 e. The lowest BCUT2D eigenvalue weighted by molar-refractivity contribution is 0.0533. The Morgan fingerprint density at radius 2 is 2.35 bits per heavy atom. The molecule has 1 aromatic rings. The molecule has 1 aliphatic rings. The van der Waals surface area contributed by atoms with E-state index in [4.69, 9.17) is 10.00 Å². The highest BCUT2D eigenvalue weighted by atomic mass is 16.5. The van der Waals surface area contributed by atoms with Gasteiger partial charge in [0.1, 0.15) is 0 Å². The molecule has 4 nitrogen and oxygen atoms in total. The van der Waals surface area contributed by atoms with Crippen LogP contribution < -0.4 is 5.32 Å². The second-order valence-corrected chi connectivity index (χ2v) is 5.53. The number of benzene rings is 1. The van der Waals surface area contributed by atoms with Gasteiger partial charge in [-0.25, -0.2) is 0 Å². The Morgan fingerprint density at radius 1 is 1.55 bits per heavy atom. The lowest BCUT2D eigenvalue weighted by atomic mass is 9.93. The van der Waals surface area contributed by atoms with Crippen LogP contribution in [0, 0.1) is 23.2 Å². The van der Waals surface area contributed by atoms with E-state index in [-0.39, 0.29) is 12.0 Å². The first-order valence-corrected chi connectivity index (χ1v) is 7.01. The van der Waals surface area contributed by atoms with E-state index in [2.05, 4.69) is 19.2 Å². The first-order chi connectivity index (χ1) is 9.61. The molecule has 0 radical (unpaired) electrons. The predicted octanol–water partition coefficient (Wildman–Crippen LogP) is 2.35. The topological polar surface area (TPSA) is 62.1 Å². The molecule has 1 amide bonds. The summed E-state index contributed by atoms with van der Waals surface area (Å²) in [5.74, 6) is 0.705. The summed E-state index contributed by atoms with van der Waals surface area (Å²) >= 11 is 0. The number of hydrogen-bond donors (Lipinski definition) is 1. The number of amides is 1. The molecule has 0 bridgehead atoms. The van der Waals surface area contributed by atoms with Crippen LogP contribution in [0.3, 0.4) is 0 Å². The van der Waals surface area contributed by atoms with Crippen molar-refractivity contribution in [1.82, 2.24) is 5.32 Å². The quantitative estimate of drug-likeness (QED) is 0.915. The number of rotatable bonds is 4. The van der Waals surface area contributed by atoms with Gasteiger partial charge >= 0.3 is 0 Å². The molecule has 2 atom stereocenters. The highest BCUT2D eigenvalue weighted by Gasteiger charge is 2.30. The fourth-order valence-electron chi connectivity index (χ4n) is 2.67. The average molecular weight is 272 g/mol. The molecular formula is C16H20N2O2. The van der Waals surface area contributed by atoms with Crippen LogP contribution in [0.15, 0.2) is 24.3 Å². The van der Waals surface area contributed by atoms with E-state index >= 15 is 0 Å². The minimum absolute atomic E-state index is 0.128. The summed E-state index contributed by atoms with van der Waals surface area (Å²) < 4.78 is 5.71. The summed E-state index contributed by atoms with van der Waals surface area (Å²) in [6, 6.07) is 8.79. The molecule has 20 heavy (non-hydrogen) atoms. The zero-order valence-corrected chi connectivity index (χ0v) is 11.9. The molecule has 0 saturated carbocycles. The molecule has 1 saturated heterocycles. The average Bonchev–Trinajstić information content (AvgIpc) is 2.93. The fraction of sp³-hybridized carbons (Fsp3) is 0.500. The highest BCUT2D eigenvalue weighted by molar-refractivity contribution is 5.94. The molecule has 1 aromatic carbocycles. The molecule has 1 N–H and O–H groups in total. The van der Waals surface area contributed by atoms with Crippen molar-refractivity contribution in [3.63, 3.8) is 0 Å². The Morgan fingerprint density at radius 3 is 3.05 bits per heavy atom. The van der Waals surface area contributed by atoms with E-state index in [0.717, 1.165) is 13.0 Å². The molecule has 0 aromatic heterocycles. The normalized spacial score (nSPS) is 21.7. The van der Waals surface area contributed by atoms with Crippen LogP contribution in [0.25, 0.3) is 0 Å². The molecule has 0 unspecified atom stereocenters. The number of carbonyl (C=O) groups excluding carboxylic acids is 1. The van der Waals surface area contributed by atoms with Crippen LogP contribution in [0.1, 0.15) is 36.2 Å². The summed E-state index contributed by atoms with van der Waals surface area (Å²) in [6.07, 6.45) is 1.21. The summed E-state index contributed by atoms with van der Waals surface area (Å²) in [4.78, 5) is 12.1.